The summed E-state index contributed by atoms with van der Waals surface area (Å²) in [7, 11) is -0.592. The van der Waals surface area contributed by atoms with Gasteiger partial charge in [0.1, 0.15) is 6.10 Å². The van der Waals surface area contributed by atoms with Crippen LogP contribution in [-0.4, -0.2) is 21.8 Å². The van der Waals surface area contributed by atoms with Crippen molar-refractivity contribution in [2.75, 3.05) is 0 Å². The van der Waals surface area contributed by atoms with Crippen molar-refractivity contribution in [1.29, 1.82) is 0 Å². The van der Waals surface area contributed by atoms with Crippen LogP contribution < -0.4 is 0 Å². The minimum Gasteiger partial charge on any atom is -0.480 e. The Bertz CT molecular complexity index is 325. The molecule has 0 saturated heterocycles. The zero-order valence-electron chi connectivity index (χ0n) is 7.20. The third-order valence-electron chi connectivity index (χ3n) is 1.81. The highest BCUT2D eigenvalue weighted by atomic mass is 31.1. The molecule has 0 aliphatic carbocycles. The van der Waals surface area contributed by atoms with Crippen LogP contribution in [-0.2, 0) is 9.36 Å². The third kappa shape index (κ3) is 2.37. The Morgan fingerprint density at radius 2 is 1.86 bits per heavy atom. The van der Waals surface area contributed by atoms with E-state index in [1.165, 1.54) is 0 Å². The number of carbonyl (C=O) groups is 1. The van der Waals surface area contributed by atoms with Gasteiger partial charge in [-0.2, -0.15) is 0 Å². The van der Waals surface area contributed by atoms with Crippen LogP contribution in [0.3, 0.4) is 0 Å². The van der Waals surface area contributed by atoms with Crippen LogP contribution in [0.25, 0.3) is 0 Å². The lowest BCUT2D eigenvalue weighted by molar-refractivity contribution is -0.138. The van der Waals surface area contributed by atoms with Crippen molar-refractivity contribution >= 4 is 14.4 Å². The fourth-order valence-electron chi connectivity index (χ4n) is 1.07. The van der Waals surface area contributed by atoms with Gasteiger partial charge in [0.15, 0.2) is 14.1 Å². The molecule has 0 aliphatic rings. The van der Waals surface area contributed by atoms with Gasteiger partial charge < -0.3 is 10.2 Å². The fraction of sp³-hybridized carbons (Fsp3) is 0.222. The summed E-state index contributed by atoms with van der Waals surface area (Å²) in [4.78, 5) is 10.6. The predicted octanol–water partition coefficient (Wildman–Crippen LogP) is 1.46. The number of rotatable bonds is 4. The largest absolute Gasteiger partial charge is 0.480 e. The molecule has 1 aromatic rings. The summed E-state index contributed by atoms with van der Waals surface area (Å²) in [6, 6.07) is 8.29. The molecular formula is C9H9O4P. The van der Waals surface area contributed by atoms with Gasteiger partial charge in [-0.3, -0.25) is 9.36 Å². The molecule has 0 amide bonds. The first-order chi connectivity index (χ1) is 6.66. The van der Waals surface area contributed by atoms with Crippen molar-refractivity contribution in [1.82, 2.24) is 0 Å². The summed E-state index contributed by atoms with van der Waals surface area (Å²) in [5.74, 6) is -1.28. The van der Waals surface area contributed by atoms with E-state index in [1.54, 1.807) is 30.3 Å². The normalized spacial score (nSPS) is 14.9. The Morgan fingerprint density at radius 1 is 1.29 bits per heavy atom. The molecule has 4 nitrogen and oxygen atoms in total. The molecular weight excluding hydrogens is 203 g/mol. The molecule has 0 fully saturated rings. The molecule has 0 aliphatic heterocycles. The zero-order valence-corrected chi connectivity index (χ0v) is 8.09. The first-order valence-electron chi connectivity index (χ1n) is 3.95. The van der Waals surface area contributed by atoms with Gasteiger partial charge >= 0.3 is 5.97 Å². The topological polar surface area (TPSA) is 74.6 Å². The van der Waals surface area contributed by atoms with Gasteiger partial charge in [0.25, 0.3) is 0 Å². The quantitative estimate of drug-likeness (QED) is 0.741. The van der Waals surface area contributed by atoms with Gasteiger partial charge in [0.2, 0.25) is 0 Å². The molecule has 0 heterocycles. The molecule has 5 heteroatoms. The minimum atomic E-state index is -1.31. The van der Waals surface area contributed by atoms with Crippen LogP contribution in [0.2, 0.25) is 0 Å². The lowest BCUT2D eigenvalue weighted by Crippen LogP contribution is -2.22. The Labute approximate surface area is 82.4 Å². The second-order valence-electron chi connectivity index (χ2n) is 2.74. The first-order valence-corrected chi connectivity index (χ1v) is 4.83. The number of hydrogen-bond donors (Lipinski definition) is 2. The van der Waals surface area contributed by atoms with E-state index in [0.29, 0.717) is 5.56 Å². The van der Waals surface area contributed by atoms with Crippen molar-refractivity contribution in [2.45, 2.75) is 11.8 Å². The average molecular weight is 212 g/mol. The Hall–Kier alpha value is -1.25. The van der Waals surface area contributed by atoms with Gasteiger partial charge in [0.05, 0.1) is 0 Å². The maximum absolute atomic E-state index is 10.6. The zero-order chi connectivity index (χ0) is 10.6. The Kier molecular flexibility index (Phi) is 3.74. The second-order valence-corrected chi connectivity index (χ2v) is 3.51. The van der Waals surface area contributed by atoms with E-state index >= 15 is 0 Å². The third-order valence-corrected chi connectivity index (χ3v) is 2.54. The molecule has 1 aromatic carbocycles. The summed E-state index contributed by atoms with van der Waals surface area (Å²) >= 11 is 0. The predicted molar refractivity (Wildman–Crippen MR) is 50.4 cm³/mol. The molecule has 2 unspecified atom stereocenters. The van der Waals surface area contributed by atoms with Crippen LogP contribution in [0.5, 0.6) is 0 Å². The van der Waals surface area contributed by atoms with Gasteiger partial charge in [-0.1, -0.05) is 30.3 Å². The van der Waals surface area contributed by atoms with Crippen molar-refractivity contribution in [3.8, 4) is 0 Å². The molecule has 2 atom stereocenters. The molecule has 0 saturated carbocycles. The number of aliphatic hydroxyl groups excluding tert-OH is 1. The molecule has 0 radical (unpaired) electrons. The lowest BCUT2D eigenvalue weighted by Gasteiger charge is -2.12. The maximum Gasteiger partial charge on any atom is 0.321 e. The molecule has 14 heavy (non-hydrogen) atoms. The number of aliphatic hydroxyl groups is 1. The highest BCUT2D eigenvalue weighted by Gasteiger charge is 2.28. The Balaban J connectivity index is 2.88. The smallest absolute Gasteiger partial charge is 0.321 e. The summed E-state index contributed by atoms with van der Waals surface area (Å²) in [6.07, 6.45) is -1.24. The van der Waals surface area contributed by atoms with Crippen molar-refractivity contribution in [2.24, 2.45) is 0 Å². The standard InChI is InChI=1S/C9H9O4P/c10-7(8(14-13)9(11)12)6-4-2-1-3-5-6/h1-5,7-8,10H,(H,11,12). The van der Waals surface area contributed by atoms with Crippen LogP contribution in [0.4, 0.5) is 0 Å². The van der Waals surface area contributed by atoms with E-state index in [2.05, 4.69) is 0 Å². The molecule has 74 valence electrons. The van der Waals surface area contributed by atoms with Gasteiger partial charge in [0, 0.05) is 0 Å². The van der Waals surface area contributed by atoms with E-state index in [1.807, 2.05) is 0 Å². The summed E-state index contributed by atoms with van der Waals surface area (Å²) in [5, 5.41) is 18.2. The van der Waals surface area contributed by atoms with Crippen LogP contribution in [0, 0.1) is 0 Å². The lowest BCUT2D eigenvalue weighted by atomic mass is 10.1. The highest BCUT2D eigenvalue weighted by Crippen LogP contribution is 2.25. The van der Waals surface area contributed by atoms with Crippen LogP contribution in [0.15, 0.2) is 30.3 Å². The van der Waals surface area contributed by atoms with Crippen molar-refractivity contribution in [3.05, 3.63) is 35.9 Å². The van der Waals surface area contributed by atoms with Gasteiger partial charge in [-0.15, -0.1) is 0 Å². The van der Waals surface area contributed by atoms with E-state index in [0.717, 1.165) is 0 Å². The Morgan fingerprint density at radius 3 is 2.29 bits per heavy atom. The van der Waals surface area contributed by atoms with Crippen molar-refractivity contribution in [3.63, 3.8) is 0 Å². The van der Waals surface area contributed by atoms with E-state index < -0.39 is 26.2 Å². The molecule has 0 spiro atoms. The van der Waals surface area contributed by atoms with Crippen LogP contribution >= 0.6 is 8.46 Å². The van der Waals surface area contributed by atoms with E-state index in [9.17, 15) is 14.5 Å². The molecule has 0 bridgehead atoms. The van der Waals surface area contributed by atoms with Gasteiger partial charge in [-0.05, 0) is 5.56 Å². The average Bonchev–Trinajstić information content (AvgIpc) is 2.19. The summed E-state index contributed by atoms with van der Waals surface area (Å²) in [5.41, 5.74) is -0.861. The van der Waals surface area contributed by atoms with E-state index in [4.69, 9.17) is 5.11 Å². The van der Waals surface area contributed by atoms with E-state index in [-0.39, 0.29) is 0 Å². The number of hydrogen-bond acceptors (Lipinski definition) is 3. The fourth-order valence-corrected chi connectivity index (χ4v) is 1.45. The maximum atomic E-state index is 10.6. The summed E-state index contributed by atoms with van der Waals surface area (Å²) < 4.78 is 10.5. The minimum absolute atomic E-state index is 0.447. The number of aliphatic carboxylic acids is 1. The monoisotopic (exact) mass is 212 g/mol. The SMILES string of the molecule is O=PC(C(=O)O)C(O)c1ccccc1. The summed E-state index contributed by atoms with van der Waals surface area (Å²) in [6.45, 7) is 0. The van der Waals surface area contributed by atoms with Crippen molar-refractivity contribution < 1.29 is 19.6 Å². The first kappa shape index (κ1) is 10.8. The number of carboxylic acid groups (broad SMARTS) is 1. The van der Waals surface area contributed by atoms with Crippen LogP contribution in [0.1, 0.15) is 11.7 Å². The molecule has 1 rings (SSSR count). The second kappa shape index (κ2) is 4.84. The van der Waals surface area contributed by atoms with Gasteiger partial charge in [-0.25, -0.2) is 0 Å². The highest BCUT2D eigenvalue weighted by molar-refractivity contribution is 7.26. The number of benzene rings is 1. The number of carboxylic acids is 1. The molecule has 2 N–H and O–H groups in total. The molecule has 0 aromatic heterocycles.